The fourth-order valence-electron chi connectivity index (χ4n) is 5.72. The maximum atomic E-state index is 10.8. The zero-order valence-corrected chi connectivity index (χ0v) is 22.6. The van der Waals surface area contributed by atoms with Gasteiger partial charge in [0, 0.05) is 17.5 Å². The van der Waals surface area contributed by atoms with E-state index >= 15 is 0 Å². The summed E-state index contributed by atoms with van der Waals surface area (Å²) in [5.41, 5.74) is 2.85. The van der Waals surface area contributed by atoms with E-state index in [1.807, 2.05) is 54.6 Å². The molecule has 7 nitrogen and oxygen atoms in total. The number of ether oxygens (including phenoxy) is 1. The Morgan fingerprint density at radius 3 is 2.39 bits per heavy atom. The summed E-state index contributed by atoms with van der Waals surface area (Å²) in [4.78, 5) is 2.33. The number of aromatic nitrogens is 2. The Hall–Kier alpha value is -4.46. The Kier molecular flexibility index (Phi) is 6.96. The van der Waals surface area contributed by atoms with Gasteiger partial charge in [-0.3, -0.25) is 0 Å². The van der Waals surface area contributed by atoms with E-state index in [0.29, 0.717) is 41.3 Å². The summed E-state index contributed by atoms with van der Waals surface area (Å²) in [5.74, 6) is 2.34. The van der Waals surface area contributed by atoms with E-state index in [9.17, 15) is 5.11 Å². The van der Waals surface area contributed by atoms with Gasteiger partial charge in [0.2, 0.25) is 5.89 Å². The normalized spacial score (nSPS) is 15.4. The third-order valence-electron chi connectivity index (χ3n) is 7.90. The highest BCUT2D eigenvalue weighted by molar-refractivity contribution is 5.86. The molecule has 7 heteroatoms. The molecule has 206 valence electrons. The maximum absolute atomic E-state index is 10.8. The van der Waals surface area contributed by atoms with Gasteiger partial charge in [-0.05, 0) is 72.5 Å². The minimum absolute atomic E-state index is 0.179. The van der Waals surface area contributed by atoms with E-state index in [1.165, 1.54) is 16.3 Å². The Bertz CT molecular complexity index is 1770. The first-order valence-electron chi connectivity index (χ1n) is 14.1. The zero-order chi connectivity index (χ0) is 27.6. The predicted molar refractivity (Wildman–Crippen MR) is 159 cm³/mol. The van der Waals surface area contributed by atoms with Crippen LogP contribution in [0.2, 0.25) is 0 Å². The minimum atomic E-state index is -0.610. The molecular formula is C34H31N3O4. The molecule has 0 spiro atoms. The summed E-state index contributed by atoms with van der Waals surface area (Å²) >= 11 is 0. The highest BCUT2D eigenvalue weighted by Gasteiger charge is 2.23. The van der Waals surface area contributed by atoms with Crippen LogP contribution in [0.3, 0.4) is 0 Å². The van der Waals surface area contributed by atoms with Gasteiger partial charge in [0.1, 0.15) is 12.7 Å². The number of hydrogen-bond acceptors (Lipinski definition) is 7. The molecule has 1 saturated heterocycles. The van der Waals surface area contributed by atoms with Gasteiger partial charge in [-0.15, -0.1) is 10.2 Å². The molecule has 6 aromatic rings. The first kappa shape index (κ1) is 25.5. The minimum Gasteiger partial charge on any atom is -0.487 e. The lowest BCUT2D eigenvalue weighted by molar-refractivity contribution is 0.0596. The first-order valence-corrected chi connectivity index (χ1v) is 14.1. The fourth-order valence-corrected chi connectivity index (χ4v) is 5.72. The summed E-state index contributed by atoms with van der Waals surface area (Å²) in [6.07, 6.45) is 1.56. The Morgan fingerprint density at radius 1 is 0.780 bits per heavy atom. The van der Waals surface area contributed by atoms with Crippen LogP contribution >= 0.6 is 0 Å². The van der Waals surface area contributed by atoms with Crippen molar-refractivity contribution in [1.82, 2.24) is 15.1 Å². The molecule has 0 bridgehead atoms. The second kappa shape index (κ2) is 11.2. The van der Waals surface area contributed by atoms with Crippen LogP contribution < -0.4 is 4.74 Å². The van der Waals surface area contributed by atoms with Gasteiger partial charge in [-0.1, -0.05) is 72.8 Å². The lowest BCUT2D eigenvalue weighted by atomic mass is 9.88. The monoisotopic (exact) mass is 545 g/mol. The van der Waals surface area contributed by atoms with Crippen molar-refractivity contribution >= 4 is 21.7 Å². The molecule has 4 aromatic carbocycles. The number of hydrogen-bond donors (Lipinski definition) is 1. The molecular weight excluding hydrogens is 514 g/mol. The molecule has 1 fully saturated rings. The van der Waals surface area contributed by atoms with Gasteiger partial charge in [-0.2, -0.15) is 0 Å². The van der Waals surface area contributed by atoms with Crippen LogP contribution in [0.5, 0.6) is 5.75 Å². The molecule has 0 amide bonds. The summed E-state index contributed by atoms with van der Waals surface area (Å²) in [6.45, 7) is 2.67. The van der Waals surface area contributed by atoms with Crippen molar-refractivity contribution in [3.63, 3.8) is 0 Å². The molecule has 3 heterocycles. The topological polar surface area (TPSA) is 84.8 Å². The number of para-hydroxylation sites is 1. The average molecular weight is 546 g/mol. The van der Waals surface area contributed by atoms with Crippen LogP contribution in [0, 0.1) is 0 Å². The Balaban J connectivity index is 0.957. The van der Waals surface area contributed by atoms with E-state index in [1.54, 1.807) is 0 Å². The van der Waals surface area contributed by atoms with Crippen molar-refractivity contribution in [2.24, 2.45) is 0 Å². The Morgan fingerprint density at radius 2 is 1.54 bits per heavy atom. The molecule has 2 aromatic heterocycles. The van der Waals surface area contributed by atoms with Gasteiger partial charge in [-0.25, -0.2) is 0 Å². The predicted octanol–water partition coefficient (Wildman–Crippen LogP) is 6.92. The number of likely N-dealkylation sites (tertiary alicyclic amines) is 1. The van der Waals surface area contributed by atoms with Crippen molar-refractivity contribution in [2.45, 2.75) is 24.9 Å². The Labute approximate surface area is 238 Å². The van der Waals surface area contributed by atoms with Gasteiger partial charge < -0.3 is 23.6 Å². The quantitative estimate of drug-likeness (QED) is 0.222. The third kappa shape index (κ3) is 5.46. The van der Waals surface area contributed by atoms with Crippen LogP contribution in [0.1, 0.15) is 24.3 Å². The lowest BCUT2D eigenvalue weighted by Crippen LogP contribution is -2.40. The zero-order valence-electron chi connectivity index (χ0n) is 22.6. The van der Waals surface area contributed by atoms with Gasteiger partial charge in [0.05, 0.1) is 0 Å². The van der Waals surface area contributed by atoms with E-state index in [4.69, 9.17) is 13.6 Å². The molecule has 0 aliphatic carbocycles. The highest BCUT2D eigenvalue weighted by Crippen LogP contribution is 2.34. The van der Waals surface area contributed by atoms with E-state index in [0.717, 1.165) is 36.9 Å². The number of fused-ring (bicyclic) bond motifs is 2. The number of benzene rings is 4. The number of rotatable bonds is 8. The van der Waals surface area contributed by atoms with Crippen molar-refractivity contribution < 1.29 is 18.7 Å². The van der Waals surface area contributed by atoms with Crippen molar-refractivity contribution in [3.8, 4) is 28.9 Å². The summed E-state index contributed by atoms with van der Waals surface area (Å²) in [5, 5.41) is 22.6. The van der Waals surface area contributed by atoms with E-state index in [-0.39, 0.29) is 6.61 Å². The molecule has 1 atom stereocenters. The molecule has 7 rings (SSSR count). The van der Waals surface area contributed by atoms with E-state index in [2.05, 4.69) is 57.6 Å². The lowest BCUT2D eigenvalue weighted by Gasteiger charge is -2.33. The van der Waals surface area contributed by atoms with Gasteiger partial charge >= 0.3 is 0 Å². The summed E-state index contributed by atoms with van der Waals surface area (Å²) in [6, 6.07) is 32.5. The largest absolute Gasteiger partial charge is 0.487 e. The fraction of sp³-hybridized carbons (Fsp3) is 0.235. The number of aliphatic hydroxyl groups excluding tert-OH is 1. The summed E-state index contributed by atoms with van der Waals surface area (Å²) < 4.78 is 18.0. The van der Waals surface area contributed by atoms with Gasteiger partial charge in [0.25, 0.3) is 5.89 Å². The van der Waals surface area contributed by atoms with Crippen LogP contribution in [0.25, 0.3) is 44.8 Å². The SMILES string of the molecule is OC(COc1cccc2cc(-c3nnc(-c4ccccc4)o3)oc12)CN1CCC(c2ccc3ccccc3c2)CC1. The molecule has 1 N–H and O–H groups in total. The smallest absolute Gasteiger partial charge is 0.283 e. The van der Waals surface area contributed by atoms with E-state index < -0.39 is 6.10 Å². The molecule has 1 aliphatic heterocycles. The standard InChI is InChI=1S/C34H31N3O4/c38-29(21-37-17-15-24(16-18-37)27-14-13-23-7-4-5-10-26(23)19-27)22-39-30-12-6-11-28-20-31(40-32(28)30)34-36-35-33(41-34)25-8-2-1-3-9-25/h1-14,19-20,24,29,38H,15-18,21-22H2. The maximum Gasteiger partial charge on any atom is 0.283 e. The second-order valence-corrected chi connectivity index (χ2v) is 10.7. The molecule has 41 heavy (non-hydrogen) atoms. The average Bonchev–Trinajstić information content (AvgIpc) is 3.69. The van der Waals surface area contributed by atoms with Crippen LogP contribution in [0.4, 0.5) is 0 Å². The highest BCUT2D eigenvalue weighted by atomic mass is 16.5. The van der Waals surface area contributed by atoms with Crippen molar-refractivity contribution in [3.05, 3.63) is 103 Å². The second-order valence-electron chi connectivity index (χ2n) is 10.7. The number of nitrogens with zero attached hydrogens (tertiary/aromatic N) is 3. The van der Waals surface area contributed by atoms with Gasteiger partial charge in [0.15, 0.2) is 17.1 Å². The van der Waals surface area contributed by atoms with Crippen LogP contribution in [0.15, 0.2) is 106 Å². The number of piperidine rings is 1. The van der Waals surface area contributed by atoms with Crippen LogP contribution in [-0.4, -0.2) is 52.5 Å². The molecule has 0 radical (unpaired) electrons. The van der Waals surface area contributed by atoms with Crippen LogP contribution in [-0.2, 0) is 0 Å². The molecule has 0 saturated carbocycles. The number of furan rings is 1. The molecule has 1 aliphatic rings. The first-order chi connectivity index (χ1) is 20.2. The van der Waals surface area contributed by atoms with Crippen molar-refractivity contribution in [1.29, 1.82) is 0 Å². The summed E-state index contributed by atoms with van der Waals surface area (Å²) in [7, 11) is 0. The van der Waals surface area contributed by atoms with Crippen molar-refractivity contribution in [2.75, 3.05) is 26.2 Å². The third-order valence-corrected chi connectivity index (χ3v) is 7.90. The number of aliphatic hydroxyl groups is 1. The molecule has 1 unspecified atom stereocenters. The number of β-amino-alcohol motifs (C(OH)–C–C–N with tert-alkyl or cyclic N) is 1.